The van der Waals surface area contributed by atoms with Crippen molar-refractivity contribution in [2.24, 2.45) is 0 Å². The molecule has 1 unspecified atom stereocenters. The second-order valence-electron chi connectivity index (χ2n) is 16.7. The van der Waals surface area contributed by atoms with Crippen molar-refractivity contribution < 1.29 is 22.4 Å². The first-order valence-electron chi connectivity index (χ1n) is 21.9. The number of fused-ring (bicyclic) bond motifs is 5. The van der Waals surface area contributed by atoms with Gasteiger partial charge in [0, 0.05) is 80.4 Å². The summed E-state index contributed by atoms with van der Waals surface area (Å²) in [7, 11) is -3.92. The summed E-state index contributed by atoms with van der Waals surface area (Å²) < 4.78 is 43.8. The van der Waals surface area contributed by atoms with Gasteiger partial charge in [-0.15, -0.1) is 11.3 Å². The number of ether oxygens (including phenoxy) is 1. The third-order valence-corrected chi connectivity index (χ3v) is 15.2. The fraction of sp³-hybridized carbons (Fsp3) is 0.148. The molecular formula is C54H44N4O5S2. The van der Waals surface area contributed by atoms with Gasteiger partial charge in [0.25, 0.3) is 10.0 Å². The highest BCUT2D eigenvalue weighted by atomic mass is 32.2. The third kappa shape index (κ3) is 7.70. The van der Waals surface area contributed by atoms with Crippen LogP contribution in [-0.4, -0.2) is 34.9 Å². The zero-order chi connectivity index (χ0) is 44.1. The van der Waals surface area contributed by atoms with Crippen molar-refractivity contribution in [3.8, 4) is 28.3 Å². The number of oxazole rings is 1. The van der Waals surface area contributed by atoms with Gasteiger partial charge in [-0.1, -0.05) is 103 Å². The van der Waals surface area contributed by atoms with E-state index in [2.05, 4.69) is 40.8 Å². The molecule has 0 fully saturated rings. The Hall–Kier alpha value is -7.21. The minimum absolute atomic E-state index is 0.0269. The van der Waals surface area contributed by atoms with Crippen molar-refractivity contribution in [2.75, 3.05) is 11.9 Å². The molecule has 11 heteroatoms. The fourth-order valence-corrected chi connectivity index (χ4v) is 11.7. The summed E-state index contributed by atoms with van der Waals surface area (Å²) in [4.78, 5) is 23.2. The molecule has 65 heavy (non-hydrogen) atoms. The maximum absolute atomic E-state index is 14.4. The van der Waals surface area contributed by atoms with E-state index in [1.54, 1.807) is 23.5 Å². The number of rotatable bonds is 11. The van der Waals surface area contributed by atoms with Crippen LogP contribution in [0.4, 0.5) is 5.69 Å². The van der Waals surface area contributed by atoms with Crippen molar-refractivity contribution in [3.05, 3.63) is 191 Å². The Bertz CT molecular complexity index is 3410. The molecule has 0 spiro atoms. The molecule has 2 N–H and O–H groups in total. The maximum Gasteiger partial charge on any atom is 0.311 e. The van der Waals surface area contributed by atoms with Gasteiger partial charge in [0.15, 0.2) is 11.7 Å². The van der Waals surface area contributed by atoms with Crippen LogP contribution in [-0.2, 0) is 27.7 Å². The van der Waals surface area contributed by atoms with Crippen molar-refractivity contribution >= 4 is 64.9 Å². The highest BCUT2D eigenvalue weighted by Gasteiger charge is 2.29. The van der Waals surface area contributed by atoms with Gasteiger partial charge in [-0.3, -0.25) is 4.79 Å². The number of nitrogens with one attached hydrogen (secondary N) is 2. The molecule has 4 aromatic heterocycles. The lowest BCUT2D eigenvalue weighted by Crippen LogP contribution is -2.12. The van der Waals surface area contributed by atoms with Crippen molar-refractivity contribution in [3.63, 3.8) is 0 Å². The number of esters is 1. The monoisotopic (exact) mass is 892 g/mol. The number of carbonyl (C=O) groups excluding carboxylic acids is 1. The Morgan fingerprint density at radius 1 is 0.862 bits per heavy atom. The van der Waals surface area contributed by atoms with Gasteiger partial charge < -0.3 is 19.5 Å². The Balaban J connectivity index is 0.914. The third-order valence-electron chi connectivity index (χ3n) is 12.4. The predicted molar refractivity (Wildman–Crippen MR) is 260 cm³/mol. The number of nitrogens with zero attached hydrogens (tertiary/aromatic N) is 2. The number of hydrogen-bond donors (Lipinski definition) is 2. The summed E-state index contributed by atoms with van der Waals surface area (Å²) in [5.74, 6) is 1.18. The van der Waals surface area contributed by atoms with Gasteiger partial charge >= 0.3 is 5.97 Å². The smallest absolute Gasteiger partial charge is 0.311 e. The average molecular weight is 893 g/mol. The number of anilines is 1. The average Bonchev–Trinajstić information content (AvgIpc) is 4.11. The highest BCUT2D eigenvalue weighted by molar-refractivity contribution is 7.90. The fourth-order valence-electron chi connectivity index (χ4n) is 9.25. The van der Waals surface area contributed by atoms with Gasteiger partial charge in [-0.2, -0.15) is 0 Å². The van der Waals surface area contributed by atoms with E-state index in [1.807, 2.05) is 122 Å². The van der Waals surface area contributed by atoms with E-state index in [0.29, 0.717) is 29.3 Å². The molecule has 1 aliphatic rings. The number of hydrogen-bond acceptors (Lipinski definition) is 8. The van der Waals surface area contributed by atoms with Crippen LogP contribution >= 0.6 is 11.3 Å². The van der Waals surface area contributed by atoms with Crippen molar-refractivity contribution in [1.29, 1.82) is 0 Å². The molecule has 10 aromatic rings. The Labute approximate surface area is 380 Å². The van der Waals surface area contributed by atoms with Crippen LogP contribution in [0.5, 0.6) is 5.75 Å². The van der Waals surface area contributed by atoms with Crippen LogP contribution in [0, 0.1) is 6.92 Å². The van der Waals surface area contributed by atoms with Gasteiger partial charge in [0.2, 0.25) is 0 Å². The Morgan fingerprint density at radius 3 is 2.43 bits per heavy atom. The van der Waals surface area contributed by atoms with E-state index in [4.69, 9.17) is 14.1 Å². The molecule has 0 aliphatic carbocycles. The van der Waals surface area contributed by atoms with Crippen molar-refractivity contribution in [1.82, 2.24) is 13.9 Å². The lowest BCUT2D eigenvalue weighted by Gasteiger charge is -2.19. The number of aryl methyl sites for hydroxylation is 2. The largest absolute Gasteiger partial charge is 0.440 e. The Kier molecular flexibility index (Phi) is 10.4. The van der Waals surface area contributed by atoms with Crippen LogP contribution in [0.25, 0.3) is 54.5 Å². The van der Waals surface area contributed by atoms with E-state index >= 15 is 0 Å². The second-order valence-corrected chi connectivity index (χ2v) is 19.7. The quantitative estimate of drug-likeness (QED) is 0.0980. The van der Waals surface area contributed by atoms with Crippen LogP contribution in [0.3, 0.4) is 0 Å². The second kappa shape index (κ2) is 16.7. The van der Waals surface area contributed by atoms with Crippen LogP contribution < -0.4 is 10.1 Å². The molecule has 1 aliphatic heterocycles. The Morgan fingerprint density at radius 2 is 1.63 bits per heavy atom. The van der Waals surface area contributed by atoms with Gasteiger partial charge in [0.1, 0.15) is 11.4 Å². The molecule has 0 bridgehead atoms. The van der Waals surface area contributed by atoms with E-state index in [0.717, 1.165) is 85.3 Å². The number of H-pyrrole nitrogens is 1. The number of aromatic amines is 1. The van der Waals surface area contributed by atoms with Gasteiger partial charge in [-0.25, -0.2) is 17.4 Å². The number of thiophene rings is 1. The molecule has 0 saturated carbocycles. The first-order valence-corrected chi connectivity index (χ1v) is 24.2. The zero-order valence-corrected chi connectivity index (χ0v) is 37.2. The SMILES string of the molecule is Cc1ccc(S(=O)(=O)n2cc(Cc3cc4ccccc4s3)c3c4c(ccc32)C(c2c[nH]c3ccc(OC(=O)CCc5nc(-c6ccccc6)c(-c6ccccc6)o5)cc23)CCCN4)cc1. The summed E-state index contributed by atoms with van der Waals surface area (Å²) in [5.41, 5.74) is 9.22. The standard InChI is InChI=1S/C54H44N4O5S2/c1-34-18-21-41(22-19-34)65(60,61)58-33-38(30-40-29-37-15-8-9-17-48(37)64-40)51-47(58)25-23-43-42(16-10-28-55-53(43)51)45-32-56-46-24-20-39(31-44(45)46)62-50(59)27-26-49-57-52(35-11-4-2-5-12-35)54(63-49)36-13-6-3-7-14-36/h2-9,11-15,17-25,29,31-33,42,55-56H,10,16,26-28,30H2,1H3. The molecule has 11 rings (SSSR count). The van der Waals surface area contributed by atoms with E-state index in [9.17, 15) is 13.2 Å². The molecule has 1 atom stereocenters. The molecule has 5 heterocycles. The van der Waals surface area contributed by atoms with E-state index in [1.165, 1.54) is 14.1 Å². The van der Waals surface area contributed by atoms with Crippen LogP contribution in [0.1, 0.15) is 58.2 Å². The summed E-state index contributed by atoms with van der Waals surface area (Å²) in [6, 6.07) is 47.1. The summed E-state index contributed by atoms with van der Waals surface area (Å²) in [6.07, 6.45) is 6.59. The minimum atomic E-state index is -3.92. The first-order chi connectivity index (χ1) is 31.8. The molecule has 0 saturated heterocycles. The molecule has 0 radical (unpaired) electrons. The summed E-state index contributed by atoms with van der Waals surface area (Å²) in [6.45, 7) is 2.68. The molecule has 6 aromatic carbocycles. The minimum Gasteiger partial charge on any atom is -0.440 e. The van der Waals surface area contributed by atoms with Gasteiger partial charge in [0.05, 0.1) is 16.8 Å². The number of aromatic nitrogens is 3. The lowest BCUT2D eigenvalue weighted by atomic mass is 9.86. The molecule has 322 valence electrons. The summed E-state index contributed by atoms with van der Waals surface area (Å²) >= 11 is 1.74. The first kappa shape index (κ1) is 40.6. The van der Waals surface area contributed by atoms with Gasteiger partial charge in [-0.05, 0) is 90.4 Å². The van der Waals surface area contributed by atoms with Crippen LogP contribution in [0.15, 0.2) is 167 Å². The normalized spacial score (nSPS) is 14.1. The van der Waals surface area contributed by atoms with Crippen LogP contribution in [0.2, 0.25) is 0 Å². The molecule has 0 amide bonds. The number of benzene rings is 6. The zero-order valence-electron chi connectivity index (χ0n) is 35.6. The predicted octanol–water partition coefficient (Wildman–Crippen LogP) is 12.7. The summed E-state index contributed by atoms with van der Waals surface area (Å²) in [5, 5.41) is 6.82. The molecule has 9 nitrogen and oxygen atoms in total. The topological polar surface area (TPSA) is 119 Å². The van der Waals surface area contributed by atoms with E-state index < -0.39 is 10.0 Å². The lowest BCUT2D eigenvalue weighted by molar-refractivity contribution is -0.134. The highest BCUT2D eigenvalue weighted by Crippen LogP contribution is 2.45. The molecular weight excluding hydrogens is 849 g/mol. The maximum atomic E-state index is 14.4. The van der Waals surface area contributed by atoms with Crippen molar-refractivity contribution in [2.45, 2.75) is 49.8 Å². The van der Waals surface area contributed by atoms with E-state index in [-0.39, 0.29) is 29.6 Å². The number of carbonyl (C=O) groups is 1.